The third-order valence-corrected chi connectivity index (χ3v) is 24.7. The van der Waals surface area contributed by atoms with Crippen molar-refractivity contribution in [2.24, 2.45) is 5.92 Å². The number of allylic oxidation sites excluding steroid dienone is 8. The Bertz CT molecular complexity index is 2390. The molecule has 73 heavy (non-hydrogen) atoms. The number of hydrogen-bond donors (Lipinski definition) is 0. The van der Waals surface area contributed by atoms with Gasteiger partial charge in [0.1, 0.15) is 8.07 Å². The second-order valence-electron chi connectivity index (χ2n) is 17.4. The van der Waals surface area contributed by atoms with Crippen LogP contribution in [0.4, 0.5) is 26.3 Å². The third kappa shape index (κ3) is 17.6. The monoisotopic (exact) mass is 1080 g/mol. The van der Waals surface area contributed by atoms with Gasteiger partial charge in [-0.25, -0.2) is 0 Å². The molecule has 0 heterocycles. The Labute approximate surface area is 445 Å². The first kappa shape index (κ1) is 65.3. The van der Waals surface area contributed by atoms with E-state index in [-0.39, 0.29) is 26.3 Å². The molecule has 1 fully saturated rings. The minimum atomic E-state index is -6.56. The maximum absolute atomic E-state index is 12.9. The maximum atomic E-state index is 12.9. The zero-order chi connectivity index (χ0) is 52.2. The molecule has 0 N–H and O–H groups in total. The average Bonchev–Trinajstić information content (AvgIpc) is 4.16. The van der Waals surface area contributed by atoms with Gasteiger partial charge < -0.3 is 12.2 Å². The van der Waals surface area contributed by atoms with Gasteiger partial charge in [0.25, 0.3) is 0 Å². The Morgan fingerprint density at radius 2 is 0.849 bits per heavy atom. The molecule has 0 spiro atoms. The Morgan fingerprint density at radius 1 is 0.521 bits per heavy atom. The Balaban J connectivity index is 0.000000392. The van der Waals surface area contributed by atoms with Gasteiger partial charge in [-0.15, -0.1) is 0 Å². The summed E-state index contributed by atoms with van der Waals surface area (Å²) in [4.78, 5) is 0. The number of ether oxygens (including phenoxy) is 1. The van der Waals surface area contributed by atoms with Crippen LogP contribution in [0, 0.1) is 13.3 Å². The van der Waals surface area contributed by atoms with Gasteiger partial charge >= 0.3 is 58.7 Å². The Hall–Kier alpha value is -3.77. The molecule has 7 nitrogen and oxygen atoms in total. The van der Waals surface area contributed by atoms with Crippen LogP contribution in [0.2, 0.25) is 11.1 Å². The zero-order valence-corrected chi connectivity index (χ0v) is 46.8. The van der Waals surface area contributed by atoms with E-state index in [0.717, 1.165) is 67.7 Å². The molecule has 4 aromatic carbocycles. The van der Waals surface area contributed by atoms with E-state index in [4.69, 9.17) is 4.74 Å². The van der Waals surface area contributed by atoms with Crippen LogP contribution in [0.3, 0.4) is 0 Å². The molecule has 396 valence electrons. The van der Waals surface area contributed by atoms with E-state index in [1.807, 2.05) is 13.8 Å². The predicted molar refractivity (Wildman–Crippen MR) is 285 cm³/mol. The van der Waals surface area contributed by atoms with E-state index in [0.29, 0.717) is 11.1 Å². The summed E-state index contributed by atoms with van der Waals surface area (Å²) in [5, 5.41) is 1.84. The van der Waals surface area contributed by atoms with Gasteiger partial charge in [0, 0.05) is 34.7 Å². The molecule has 3 aliphatic carbocycles. The minimum Gasteiger partial charge on any atom is -0.382 e. The number of rotatable bonds is 18. The van der Waals surface area contributed by atoms with Crippen LogP contribution in [-0.4, -0.2) is 57.7 Å². The molecule has 4 aromatic rings. The fourth-order valence-corrected chi connectivity index (χ4v) is 21.5. The topological polar surface area (TPSA) is 96.0 Å². The molecule has 7 rings (SSSR count). The SMILES string of the molecule is CCCC1=CC([Si](c2ccccc2)(c2ccccc2)C2C=CC(CCC)=C2)C=C1.CCCC1CCCC1.CCOCC.O=S(=O)(O[Si](OS(=O)(=O)C(F)(F)F)(c1ccccc1)c1ccccc1)C(F)(F)F.[CH3-].[Li+]. The smallest absolute Gasteiger partial charge is 0.382 e. The van der Waals surface area contributed by atoms with Crippen molar-refractivity contribution in [2.45, 2.75) is 121 Å². The summed E-state index contributed by atoms with van der Waals surface area (Å²) in [5.41, 5.74) is -8.11. The fraction of sp³-hybridized carbons (Fsp3) is 0.400. The number of hydrogen-bond acceptors (Lipinski definition) is 7. The van der Waals surface area contributed by atoms with Crippen molar-refractivity contribution in [1.82, 2.24) is 0 Å². The molecule has 0 saturated heterocycles. The van der Waals surface area contributed by atoms with Crippen LogP contribution in [-0.2, 0) is 32.7 Å². The summed E-state index contributed by atoms with van der Waals surface area (Å²) in [7, 11) is -20.9. The van der Waals surface area contributed by atoms with E-state index in [1.165, 1.54) is 87.5 Å². The summed E-state index contributed by atoms with van der Waals surface area (Å²) in [6, 6.07) is 33.5. The van der Waals surface area contributed by atoms with Gasteiger partial charge in [0.05, 0.1) is 0 Å². The molecule has 2 atom stereocenters. The average molecular weight is 1090 g/mol. The van der Waals surface area contributed by atoms with E-state index >= 15 is 0 Å². The standard InChI is InChI=1S/C28H32Si.C14H10F6O6S2Si.C8H16.C4H10O.CH3.Li/c1-3-11-23-17-19-27(21-23)29(25-13-7-5-8-14-25,26-15-9-6-10-16-26)28-20-18-24(22-28)12-4-2;15-13(16,17)27(21,22)25-29(11-7-3-1-4-8-11,12-9-5-2-6-10-12)26-28(23,24)14(18,19)20;1-2-5-8-6-3-4-7-8;1-3-5-4-2;;/h5-10,13-22,27-28H,3-4,11-12H2,1-2H3;1-10H;8H,2-7H2,1H3;3-4H2,1-2H3;1H3;/q;;;;-1;+1. The van der Waals surface area contributed by atoms with Crippen molar-refractivity contribution in [3.05, 3.63) is 176 Å². The van der Waals surface area contributed by atoms with Gasteiger partial charge in [0.15, 0.2) is 0 Å². The summed E-state index contributed by atoms with van der Waals surface area (Å²) < 4.78 is 138. The molecule has 0 amide bonds. The fourth-order valence-electron chi connectivity index (χ4n) is 9.20. The first-order chi connectivity index (χ1) is 33.8. The van der Waals surface area contributed by atoms with Crippen molar-refractivity contribution < 1.29 is 74.5 Å². The van der Waals surface area contributed by atoms with Crippen molar-refractivity contribution >= 4 is 57.6 Å². The van der Waals surface area contributed by atoms with Crippen LogP contribution in [0.15, 0.2) is 169 Å². The van der Waals surface area contributed by atoms with E-state index < -0.39 is 58.3 Å². The molecule has 0 aliphatic heterocycles. The third-order valence-electron chi connectivity index (χ3n) is 12.4. The molecule has 2 unspecified atom stereocenters. The van der Waals surface area contributed by atoms with Gasteiger partial charge in [-0.3, -0.25) is 7.74 Å². The van der Waals surface area contributed by atoms with Crippen LogP contribution in [0.25, 0.3) is 0 Å². The number of benzene rings is 4. The van der Waals surface area contributed by atoms with Crippen molar-refractivity contribution in [1.29, 1.82) is 0 Å². The van der Waals surface area contributed by atoms with Crippen LogP contribution in [0.5, 0.6) is 0 Å². The predicted octanol–water partition coefficient (Wildman–Crippen LogP) is 10.0. The molecule has 1 saturated carbocycles. The Kier molecular flexibility index (Phi) is 27.5. The number of halogens is 6. The van der Waals surface area contributed by atoms with E-state index in [2.05, 4.69) is 126 Å². The largest absolute Gasteiger partial charge is 1.00 e. The summed E-state index contributed by atoms with van der Waals surface area (Å²) in [5.74, 6) is 1.11. The Morgan fingerprint density at radius 3 is 1.12 bits per heavy atom. The summed E-state index contributed by atoms with van der Waals surface area (Å²) >= 11 is 0. The quantitative estimate of drug-likeness (QED) is 0.0424. The van der Waals surface area contributed by atoms with Gasteiger partial charge in [-0.2, -0.15) is 43.2 Å². The van der Waals surface area contributed by atoms with E-state index in [1.54, 1.807) is 10.4 Å². The van der Waals surface area contributed by atoms with Crippen LogP contribution in [0.1, 0.15) is 98.8 Å². The first-order valence-corrected chi connectivity index (χ1v) is 31.2. The minimum absolute atomic E-state index is 0. The molecule has 3 aliphatic rings. The normalized spacial score (nSPS) is 16.8. The maximum Gasteiger partial charge on any atom is 1.00 e. The van der Waals surface area contributed by atoms with Crippen molar-refractivity contribution in [3.63, 3.8) is 0 Å². The van der Waals surface area contributed by atoms with Crippen LogP contribution >= 0.6 is 0 Å². The molecule has 0 bridgehead atoms. The second-order valence-corrected chi connectivity index (χ2v) is 28.1. The molecule has 0 radical (unpaired) electrons. The molecule has 18 heteroatoms. The second kappa shape index (κ2) is 30.7. The summed E-state index contributed by atoms with van der Waals surface area (Å²) in [6.45, 7) is 12.5. The molecular formula is C55H71F6LiO7S2Si2. The van der Waals surface area contributed by atoms with E-state index in [9.17, 15) is 43.2 Å². The molecular weight excluding hydrogens is 1010 g/mol. The summed E-state index contributed by atoms with van der Waals surface area (Å²) in [6.07, 6.45) is 28.7. The van der Waals surface area contributed by atoms with Gasteiger partial charge in [-0.05, 0) is 32.6 Å². The van der Waals surface area contributed by atoms with Crippen molar-refractivity contribution in [3.8, 4) is 0 Å². The number of alkyl halides is 6. The van der Waals surface area contributed by atoms with Gasteiger partial charge in [-0.1, -0.05) is 251 Å². The van der Waals surface area contributed by atoms with Crippen molar-refractivity contribution in [2.75, 3.05) is 13.2 Å². The van der Waals surface area contributed by atoms with Crippen LogP contribution < -0.4 is 39.6 Å². The molecule has 0 aromatic heterocycles. The first-order valence-electron chi connectivity index (χ1n) is 24.4. The zero-order valence-electron chi connectivity index (χ0n) is 43.2. The van der Waals surface area contributed by atoms with Gasteiger partial charge in [0.2, 0.25) is 0 Å².